The van der Waals surface area contributed by atoms with E-state index in [-0.39, 0.29) is 11.5 Å². The van der Waals surface area contributed by atoms with E-state index in [2.05, 4.69) is 24.1 Å². The Hall–Kier alpha value is -3.46. The average Bonchev–Trinajstić information content (AvgIpc) is 2.82. The molecule has 0 bridgehead atoms. The van der Waals surface area contributed by atoms with Gasteiger partial charge in [0.1, 0.15) is 11.6 Å². The zero-order valence-electron chi connectivity index (χ0n) is 19.5. The number of carbonyl (C=O) groups excluding carboxylic acids is 1. The van der Waals surface area contributed by atoms with Crippen LogP contribution in [0.25, 0.3) is 6.08 Å². The van der Waals surface area contributed by atoms with Gasteiger partial charge in [-0.15, -0.1) is 0 Å². The van der Waals surface area contributed by atoms with Crippen molar-refractivity contribution in [2.24, 2.45) is 0 Å². The van der Waals surface area contributed by atoms with Gasteiger partial charge in [0.2, 0.25) is 0 Å². The second-order valence-corrected chi connectivity index (χ2v) is 7.44. The maximum absolute atomic E-state index is 12.5. The number of amides is 1. The lowest BCUT2D eigenvalue weighted by atomic mass is 10.1. The molecule has 170 valence electrons. The minimum atomic E-state index is -0.379. The SMILES string of the molecule is CCCN(CCC)c1ccc(/C=C(\C#N)C(=O)NCCc2ccc(OC)c(OC)c2)cc1. The van der Waals surface area contributed by atoms with Crippen molar-refractivity contribution < 1.29 is 14.3 Å². The van der Waals surface area contributed by atoms with Gasteiger partial charge in [-0.05, 0) is 60.7 Å². The van der Waals surface area contributed by atoms with Crippen LogP contribution >= 0.6 is 0 Å². The van der Waals surface area contributed by atoms with Crippen molar-refractivity contribution in [3.05, 3.63) is 59.2 Å². The Morgan fingerprint density at radius 1 is 1.03 bits per heavy atom. The molecule has 6 nitrogen and oxygen atoms in total. The number of methoxy groups -OCH3 is 2. The number of nitrogens with one attached hydrogen (secondary N) is 1. The molecule has 0 aliphatic heterocycles. The highest BCUT2D eigenvalue weighted by molar-refractivity contribution is 6.01. The van der Waals surface area contributed by atoms with E-state index >= 15 is 0 Å². The lowest BCUT2D eigenvalue weighted by molar-refractivity contribution is -0.117. The van der Waals surface area contributed by atoms with Crippen molar-refractivity contribution in [3.63, 3.8) is 0 Å². The Kier molecular flexibility index (Phi) is 10.1. The minimum absolute atomic E-state index is 0.0871. The predicted molar refractivity (Wildman–Crippen MR) is 129 cm³/mol. The summed E-state index contributed by atoms with van der Waals surface area (Å²) in [5.74, 6) is 0.929. The van der Waals surface area contributed by atoms with Crippen LogP contribution in [0, 0.1) is 11.3 Å². The van der Waals surface area contributed by atoms with Crippen LogP contribution in [0.4, 0.5) is 5.69 Å². The fraction of sp³-hybridized carbons (Fsp3) is 0.385. The molecule has 0 aromatic heterocycles. The van der Waals surface area contributed by atoms with Gasteiger partial charge in [0.05, 0.1) is 14.2 Å². The maximum Gasteiger partial charge on any atom is 0.261 e. The number of hydrogen-bond acceptors (Lipinski definition) is 5. The largest absolute Gasteiger partial charge is 0.493 e. The number of nitrogens with zero attached hydrogens (tertiary/aromatic N) is 2. The summed E-state index contributed by atoms with van der Waals surface area (Å²) in [6.45, 7) is 6.77. The van der Waals surface area contributed by atoms with Crippen molar-refractivity contribution in [2.75, 3.05) is 38.8 Å². The molecule has 2 aromatic carbocycles. The van der Waals surface area contributed by atoms with Gasteiger partial charge in [-0.25, -0.2) is 0 Å². The van der Waals surface area contributed by atoms with Gasteiger partial charge in [0.25, 0.3) is 5.91 Å². The van der Waals surface area contributed by atoms with Crippen LogP contribution in [0.3, 0.4) is 0 Å². The Morgan fingerprint density at radius 3 is 2.25 bits per heavy atom. The van der Waals surface area contributed by atoms with E-state index in [4.69, 9.17) is 9.47 Å². The third kappa shape index (κ3) is 7.05. The van der Waals surface area contributed by atoms with E-state index in [1.54, 1.807) is 20.3 Å². The third-order valence-corrected chi connectivity index (χ3v) is 5.07. The quantitative estimate of drug-likeness (QED) is 0.390. The molecule has 0 atom stereocenters. The van der Waals surface area contributed by atoms with Crippen LogP contribution in [0.2, 0.25) is 0 Å². The standard InChI is InChI=1S/C26H33N3O3/c1-5-15-29(16-6-2)23-10-7-20(8-11-23)17-22(19-27)26(30)28-14-13-21-9-12-24(31-3)25(18-21)32-4/h7-12,17-18H,5-6,13-16H2,1-4H3,(H,28,30)/b22-17+. The van der Waals surface area contributed by atoms with E-state index in [0.717, 1.165) is 42.7 Å². The van der Waals surface area contributed by atoms with E-state index in [1.165, 1.54) is 0 Å². The molecular weight excluding hydrogens is 402 g/mol. The van der Waals surface area contributed by atoms with Crippen LogP contribution in [-0.2, 0) is 11.2 Å². The van der Waals surface area contributed by atoms with Crippen LogP contribution in [0.5, 0.6) is 11.5 Å². The summed E-state index contributed by atoms with van der Waals surface area (Å²) in [6, 6.07) is 15.6. The Balaban J connectivity index is 1.99. The molecule has 0 fully saturated rings. The summed E-state index contributed by atoms with van der Waals surface area (Å²) in [6.07, 6.45) is 4.41. The first-order chi connectivity index (χ1) is 15.6. The van der Waals surface area contributed by atoms with Crippen LogP contribution < -0.4 is 19.7 Å². The molecule has 0 heterocycles. The third-order valence-electron chi connectivity index (χ3n) is 5.07. The van der Waals surface area contributed by atoms with Crippen LogP contribution in [-0.4, -0.2) is 39.8 Å². The molecule has 2 rings (SSSR count). The molecule has 2 aromatic rings. The van der Waals surface area contributed by atoms with Crippen LogP contribution in [0.15, 0.2) is 48.0 Å². The van der Waals surface area contributed by atoms with Crippen LogP contribution in [0.1, 0.15) is 37.8 Å². The number of nitriles is 1. The monoisotopic (exact) mass is 435 g/mol. The summed E-state index contributed by atoms with van der Waals surface area (Å²) >= 11 is 0. The van der Waals surface area contributed by atoms with Crippen molar-refractivity contribution >= 4 is 17.7 Å². The summed E-state index contributed by atoms with van der Waals surface area (Å²) in [7, 11) is 3.18. The highest BCUT2D eigenvalue weighted by Crippen LogP contribution is 2.27. The molecule has 0 unspecified atom stereocenters. The smallest absolute Gasteiger partial charge is 0.261 e. The van der Waals surface area contributed by atoms with Crippen molar-refractivity contribution in [2.45, 2.75) is 33.1 Å². The van der Waals surface area contributed by atoms with Gasteiger partial charge in [-0.3, -0.25) is 4.79 Å². The van der Waals surface area contributed by atoms with Gasteiger partial charge >= 0.3 is 0 Å². The fourth-order valence-electron chi connectivity index (χ4n) is 3.46. The lowest BCUT2D eigenvalue weighted by Gasteiger charge is -2.23. The summed E-state index contributed by atoms with van der Waals surface area (Å²) < 4.78 is 10.5. The second-order valence-electron chi connectivity index (χ2n) is 7.44. The molecule has 0 radical (unpaired) electrons. The summed E-state index contributed by atoms with van der Waals surface area (Å²) in [4.78, 5) is 14.8. The first kappa shape index (κ1) is 24.8. The highest BCUT2D eigenvalue weighted by atomic mass is 16.5. The van der Waals surface area contributed by atoms with Crippen molar-refractivity contribution in [1.29, 1.82) is 5.26 Å². The Morgan fingerprint density at radius 2 is 1.69 bits per heavy atom. The molecule has 0 saturated carbocycles. The second kappa shape index (κ2) is 13.1. The fourth-order valence-corrected chi connectivity index (χ4v) is 3.46. The van der Waals surface area contributed by atoms with Crippen molar-refractivity contribution in [1.82, 2.24) is 5.32 Å². The molecule has 1 amide bonds. The van der Waals surface area contributed by atoms with Gasteiger partial charge in [-0.2, -0.15) is 5.26 Å². The molecule has 0 spiro atoms. The van der Waals surface area contributed by atoms with E-state index < -0.39 is 0 Å². The normalized spacial score (nSPS) is 10.9. The number of rotatable bonds is 12. The van der Waals surface area contributed by atoms with Gasteiger partial charge in [0.15, 0.2) is 11.5 Å². The lowest BCUT2D eigenvalue weighted by Crippen LogP contribution is -2.26. The minimum Gasteiger partial charge on any atom is -0.493 e. The first-order valence-corrected chi connectivity index (χ1v) is 11.0. The zero-order chi connectivity index (χ0) is 23.3. The zero-order valence-corrected chi connectivity index (χ0v) is 19.5. The Bertz CT molecular complexity index is 940. The number of anilines is 1. The number of hydrogen-bond donors (Lipinski definition) is 1. The molecule has 1 N–H and O–H groups in total. The number of benzene rings is 2. The van der Waals surface area contributed by atoms with Gasteiger partial charge in [-0.1, -0.05) is 32.0 Å². The van der Waals surface area contributed by atoms with E-state index in [0.29, 0.717) is 24.5 Å². The molecule has 0 saturated heterocycles. The summed E-state index contributed by atoms with van der Waals surface area (Å²) in [5.41, 5.74) is 3.07. The molecule has 6 heteroatoms. The molecule has 0 aliphatic carbocycles. The van der Waals surface area contributed by atoms with E-state index in [9.17, 15) is 10.1 Å². The Labute approximate surface area is 191 Å². The average molecular weight is 436 g/mol. The van der Waals surface area contributed by atoms with Crippen molar-refractivity contribution in [3.8, 4) is 17.6 Å². The topological polar surface area (TPSA) is 74.6 Å². The maximum atomic E-state index is 12.5. The molecule has 32 heavy (non-hydrogen) atoms. The van der Waals surface area contributed by atoms with Gasteiger partial charge in [0, 0.05) is 25.3 Å². The van der Waals surface area contributed by atoms with Gasteiger partial charge < -0.3 is 19.7 Å². The molecule has 0 aliphatic rings. The number of carbonyl (C=O) groups is 1. The number of ether oxygens (including phenoxy) is 2. The summed E-state index contributed by atoms with van der Waals surface area (Å²) in [5, 5.41) is 12.3. The predicted octanol–water partition coefficient (Wildman–Crippen LogP) is 4.60. The molecular formula is C26H33N3O3. The van der Waals surface area contributed by atoms with E-state index in [1.807, 2.05) is 48.5 Å². The first-order valence-electron chi connectivity index (χ1n) is 11.0. The highest BCUT2D eigenvalue weighted by Gasteiger charge is 2.10.